The smallest absolute Gasteiger partial charge is 0.269 e. The second kappa shape index (κ2) is 9.54. The first kappa shape index (κ1) is 26.5. The van der Waals surface area contributed by atoms with E-state index in [-0.39, 0.29) is 30.1 Å². The monoisotopic (exact) mass is 594 g/mol. The zero-order chi connectivity index (χ0) is 29.6. The summed E-state index contributed by atoms with van der Waals surface area (Å²) in [5.41, 5.74) is 4.11. The van der Waals surface area contributed by atoms with Crippen LogP contribution in [-0.2, 0) is 34.3 Å². The fraction of sp³-hybridized carbons (Fsp3) is 0.429. The molecular formula is C35H34N2O7. The van der Waals surface area contributed by atoms with Gasteiger partial charge in [-0.05, 0) is 61.4 Å². The predicted octanol–water partition coefficient (Wildman–Crippen LogP) is 6.25. The molecule has 3 heterocycles. The van der Waals surface area contributed by atoms with Gasteiger partial charge >= 0.3 is 0 Å². The van der Waals surface area contributed by atoms with Crippen LogP contribution in [0.25, 0.3) is 11.0 Å². The van der Waals surface area contributed by atoms with Crippen LogP contribution in [0.4, 0.5) is 5.69 Å². The summed E-state index contributed by atoms with van der Waals surface area (Å²) in [4.78, 5) is 14.0. The van der Waals surface area contributed by atoms with Crippen LogP contribution in [-0.4, -0.2) is 48.5 Å². The van der Waals surface area contributed by atoms with Crippen molar-refractivity contribution in [2.24, 2.45) is 5.92 Å². The van der Waals surface area contributed by atoms with Gasteiger partial charge in [0, 0.05) is 54.8 Å². The molecule has 0 unspecified atom stereocenters. The van der Waals surface area contributed by atoms with Gasteiger partial charge in [0.25, 0.3) is 5.69 Å². The van der Waals surface area contributed by atoms with Crippen LogP contribution >= 0.6 is 0 Å². The van der Waals surface area contributed by atoms with Crippen molar-refractivity contribution in [3.05, 3.63) is 98.8 Å². The van der Waals surface area contributed by atoms with Crippen molar-refractivity contribution < 1.29 is 28.3 Å². The Balaban J connectivity index is 1.27. The molecule has 2 aliphatic heterocycles. The summed E-state index contributed by atoms with van der Waals surface area (Å²) >= 11 is 0. The second-order valence-corrected chi connectivity index (χ2v) is 13.1. The number of nitro groups is 1. The van der Waals surface area contributed by atoms with Crippen LogP contribution < -0.4 is 9.47 Å². The van der Waals surface area contributed by atoms with E-state index in [1.807, 2.05) is 24.3 Å². The number of nitrogens with zero attached hydrogens (tertiary/aromatic N) is 2. The van der Waals surface area contributed by atoms with Crippen molar-refractivity contribution in [2.45, 2.75) is 61.9 Å². The molecule has 2 fully saturated rings. The fourth-order valence-corrected chi connectivity index (χ4v) is 8.86. The number of hydrogen-bond acceptors (Lipinski definition) is 8. The number of likely N-dealkylation sites (tertiary alicyclic amines) is 1. The molecule has 2 bridgehead atoms. The molecule has 4 atom stereocenters. The zero-order valence-corrected chi connectivity index (χ0v) is 24.6. The summed E-state index contributed by atoms with van der Waals surface area (Å²) in [6, 6.07) is 19.4. The van der Waals surface area contributed by atoms with Gasteiger partial charge in [-0.2, -0.15) is 0 Å². The molecule has 9 heteroatoms. The molecule has 1 aromatic heterocycles. The van der Waals surface area contributed by atoms with Crippen molar-refractivity contribution in [3.8, 4) is 11.5 Å². The van der Waals surface area contributed by atoms with Crippen molar-refractivity contribution in [2.75, 3.05) is 27.0 Å². The minimum atomic E-state index is -0.660. The van der Waals surface area contributed by atoms with E-state index >= 15 is 0 Å². The Hall–Kier alpha value is -3.92. The number of piperidine rings is 1. The number of rotatable bonds is 9. The van der Waals surface area contributed by atoms with Crippen LogP contribution in [0.5, 0.6) is 11.5 Å². The average molecular weight is 595 g/mol. The topological polar surface area (TPSA) is 96.4 Å². The highest BCUT2D eigenvalue weighted by atomic mass is 16.7. The fourth-order valence-electron chi connectivity index (χ4n) is 8.86. The normalized spacial score (nSPS) is 27.9. The molecule has 5 aliphatic rings. The molecule has 226 valence electrons. The third-order valence-corrected chi connectivity index (χ3v) is 10.8. The SMILES string of the molecule is COCOc1ccc2c3c1O[C@H]1c4oc5ccccc5c4C[C@@]4(OCc5cccc([N+](=O)[O-])c5)[C@H](C2)N(CC2CC2)CC[C@]314. The number of hydrogen-bond donors (Lipinski definition) is 0. The van der Waals surface area contributed by atoms with Gasteiger partial charge in [0.05, 0.1) is 16.9 Å². The van der Waals surface area contributed by atoms with Gasteiger partial charge < -0.3 is 23.4 Å². The largest absolute Gasteiger partial charge is 0.477 e. The van der Waals surface area contributed by atoms with Crippen LogP contribution in [0, 0.1) is 16.0 Å². The number of non-ortho nitro benzene ring substituents is 1. The van der Waals surface area contributed by atoms with Gasteiger partial charge in [-0.3, -0.25) is 15.0 Å². The number of methoxy groups -OCH3 is 1. The lowest BCUT2D eigenvalue weighted by Gasteiger charge is -2.64. The van der Waals surface area contributed by atoms with Crippen molar-refractivity contribution in [1.82, 2.24) is 4.90 Å². The first-order chi connectivity index (χ1) is 21.5. The molecule has 3 aliphatic carbocycles. The van der Waals surface area contributed by atoms with Crippen LogP contribution in [0.2, 0.25) is 0 Å². The van der Waals surface area contributed by atoms with E-state index in [1.165, 1.54) is 30.0 Å². The number of para-hydroxylation sites is 1. The number of ether oxygens (including phenoxy) is 4. The molecule has 1 spiro atoms. The Morgan fingerprint density at radius 2 is 2.00 bits per heavy atom. The van der Waals surface area contributed by atoms with E-state index < -0.39 is 17.1 Å². The maximum atomic E-state index is 11.6. The van der Waals surface area contributed by atoms with E-state index in [2.05, 4.69) is 23.1 Å². The number of benzene rings is 3. The molecule has 1 saturated carbocycles. The Morgan fingerprint density at radius 1 is 1.11 bits per heavy atom. The van der Waals surface area contributed by atoms with Gasteiger partial charge in [0.1, 0.15) is 16.9 Å². The third kappa shape index (κ3) is 3.57. The van der Waals surface area contributed by atoms with Crippen molar-refractivity contribution >= 4 is 16.7 Å². The number of furan rings is 1. The Labute approximate surface area is 254 Å². The summed E-state index contributed by atoms with van der Waals surface area (Å²) in [5.74, 6) is 3.02. The van der Waals surface area contributed by atoms with E-state index in [4.69, 9.17) is 23.4 Å². The summed E-state index contributed by atoms with van der Waals surface area (Å²) in [6.07, 6.45) is 4.51. The molecule has 44 heavy (non-hydrogen) atoms. The van der Waals surface area contributed by atoms with E-state index in [0.29, 0.717) is 12.2 Å². The molecule has 0 radical (unpaired) electrons. The number of fused-ring (bicyclic) bond motifs is 4. The van der Waals surface area contributed by atoms with E-state index in [1.54, 1.807) is 19.2 Å². The Bertz CT molecular complexity index is 1810. The highest BCUT2D eigenvalue weighted by molar-refractivity contribution is 5.84. The number of nitro benzene ring substituents is 1. The first-order valence-electron chi connectivity index (χ1n) is 15.6. The molecule has 0 N–H and O–H groups in total. The predicted molar refractivity (Wildman–Crippen MR) is 161 cm³/mol. The molecule has 9 rings (SSSR count). The van der Waals surface area contributed by atoms with Crippen molar-refractivity contribution in [1.29, 1.82) is 0 Å². The maximum absolute atomic E-state index is 11.6. The minimum absolute atomic E-state index is 0.0716. The summed E-state index contributed by atoms with van der Waals surface area (Å²) < 4.78 is 32.5. The molecule has 4 aromatic rings. The van der Waals surface area contributed by atoms with Gasteiger partial charge in [-0.1, -0.05) is 36.4 Å². The van der Waals surface area contributed by atoms with Crippen LogP contribution in [0.1, 0.15) is 53.4 Å². The molecular weight excluding hydrogens is 560 g/mol. The van der Waals surface area contributed by atoms with E-state index in [0.717, 1.165) is 65.5 Å². The summed E-state index contributed by atoms with van der Waals surface area (Å²) in [7, 11) is 1.62. The van der Waals surface area contributed by atoms with Crippen LogP contribution in [0.15, 0.2) is 65.1 Å². The zero-order valence-electron chi connectivity index (χ0n) is 24.6. The molecule has 0 amide bonds. The van der Waals surface area contributed by atoms with Gasteiger partial charge in [0.2, 0.25) is 0 Å². The third-order valence-electron chi connectivity index (χ3n) is 10.8. The molecule has 9 nitrogen and oxygen atoms in total. The van der Waals surface area contributed by atoms with Gasteiger partial charge in [-0.15, -0.1) is 0 Å². The standard InChI is InChI=1S/C35H34N2O7/c1-40-20-41-28-12-11-23-16-29-35(42-19-22-5-4-6-24(15-22)37(38)39)17-26-25-7-2-3-8-27(25)43-31(26)33-34(35,30(23)32(28)44-33)13-14-36(29)18-21-9-10-21/h2-8,11-12,15,21,29,33H,9-10,13-14,16-20H2,1H3/t29-,33-,34-,35+/m0/s1. The summed E-state index contributed by atoms with van der Waals surface area (Å²) in [5, 5.41) is 12.7. The highest BCUT2D eigenvalue weighted by Crippen LogP contribution is 2.70. The van der Waals surface area contributed by atoms with Crippen LogP contribution in [0.3, 0.4) is 0 Å². The Morgan fingerprint density at radius 3 is 2.84 bits per heavy atom. The highest BCUT2D eigenvalue weighted by Gasteiger charge is 2.74. The van der Waals surface area contributed by atoms with Gasteiger partial charge in [-0.25, -0.2) is 0 Å². The quantitative estimate of drug-likeness (QED) is 0.128. The first-order valence-corrected chi connectivity index (χ1v) is 15.6. The second-order valence-electron chi connectivity index (χ2n) is 13.1. The lowest BCUT2D eigenvalue weighted by molar-refractivity contribution is -0.385. The average Bonchev–Trinajstić information content (AvgIpc) is 3.68. The Kier molecular flexibility index (Phi) is 5.74. The van der Waals surface area contributed by atoms with Crippen molar-refractivity contribution in [3.63, 3.8) is 0 Å². The van der Waals surface area contributed by atoms with Gasteiger partial charge in [0.15, 0.2) is 24.4 Å². The summed E-state index contributed by atoms with van der Waals surface area (Å²) in [6.45, 7) is 2.39. The van der Waals surface area contributed by atoms with E-state index in [9.17, 15) is 10.1 Å². The molecule has 1 saturated heterocycles. The lowest BCUT2D eigenvalue weighted by atomic mass is 9.49. The molecule has 3 aromatic carbocycles. The lowest BCUT2D eigenvalue weighted by Crippen LogP contribution is -2.75. The minimum Gasteiger partial charge on any atom is -0.477 e. The maximum Gasteiger partial charge on any atom is 0.269 e.